The second kappa shape index (κ2) is 10.4. The van der Waals surface area contributed by atoms with Crippen LogP contribution in [0.2, 0.25) is 0 Å². The molecule has 35 heavy (non-hydrogen) atoms. The van der Waals surface area contributed by atoms with Gasteiger partial charge >= 0.3 is 0 Å². The molecule has 1 aromatic carbocycles. The predicted molar refractivity (Wildman–Crippen MR) is 130 cm³/mol. The molecular formula is C26H31N3O6. The van der Waals surface area contributed by atoms with Gasteiger partial charge in [-0.25, -0.2) is 4.98 Å². The Morgan fingerprint density at radius 1 is 1.31 bits per heavy atom. The molecule has 0 saturated carbocycles. The Bertz CT molecular complexity index is 1130. The molecular weight excluding hydrogens is 450 g/mol. The van der Waals surface area contributed by atoms with Crippen LogP contribution in [0.15, 0.2) is 36.5 Å². The Hall–Kier alpha value is -3.59. The van der Waals surface area contributed by atoms with Crippen molar-refractivity contribution in [3.8, 4) is 17.4 Å². The molecule has 2 aliphatic heterocycles. The minimum absolute atomic E-state index is 0.134. The van der Waals surface area contributed by atoms with Crippen molar-refractivity contribution in [1.29, 1.82) is 0 Å². The van der Waals surface area contributed by atoms with Crippen molar-refractivity contribution >= 4 is 17.9 Å². The second-order valence-electron chi connectivity index (χ2n) is 9.00. The molecule has 9 heteroatoms. The molecule has 0 unspecified atom stereocenters. The van der Waals surface area contributed by atoms with Crippen LogP contribution in [0, 0.1) is 5.92 Å². The van der Waals surface area contributed by atoms with Crippen molar-refractivity contribution in [2.75, 3.05) is 33.5 Å². The largest absolute Gasteiger partial charge is 0.472 e. The van der Waals surface area contributed by atoms with Gasteiger partial charge in [-0.1, -0.05) is 19.1 Å². The van der Waals surface area contributed by atoms with E-state index >= 15 is 0 Å². The molecule has 1 N–H and O–H groups in total. The van der Waals surface area contributed by atoms with Gasteiger partial charge in [0, 0.05) is 31.3 Å². The van der Waals surface area contributed by atoms with Crippen LogP contribution in [0.25, 0.3) is 6.08 Å². The highest BCUT2D eigenvalue weighted by Crippen LogP contribution is 2.33. The summed E-state index contributed by atoms with van der Waals surface area (Å²) in [5.74, 6) is 0.819. The molecule has 3 atom stereocenters. The van der Waals surface area contributed by atoms with E-state index in [0.29, 0.717) is 29.2 Å². The maximum Gasteiger partial charge on any atom is 0.259 e. The summed E-state index contributed by atoms with van der Waals surface area (Å²) in [4.78, 5) is 34.2. The SMILES string of the molecule is C/C=C/c1cnc2c(c1)C(=O)N([C@H](C)CO)C[C@@H](C)[C@@H](CN(C)C(=O)c1ccc3c(c1)OCO3)O2. The molecule has 2 amide bonds. The zero-order valence-electron chi connectivity index (χ0n) is 20.4. The number of ether oxygens (including phenoxy) is 3. The molecule has 2 aromatic rings. The Morgan fingerprint density at radius 3 is 2.83 bits per heavy atom. The van der Waals surface area contributed by atoms with Gasteiger partial charge in [0.15, 0.2) is 11.5 Å². The van der Waals surface area contributed by atoms with E-state index in [9.17, 15) is 14.7 Å². The topological polar surface area (TPSA) is 101 Å². The van der Waals surface area contributed by atoms with Gasteiger partial charge in [0.1, 0.15) is 11.7 Å². The number of aliphatic hydroxyl groups excluding tert-OH is 1. The van der Waals surface area contributed by atoms with Crippen LogP contribution in [-0.2, 0) is 0 Å². The van der Waals surface area contributed by atoms with E-state index in [4.69, 9.17) is 14.2 Å². The molecule has 9 nitrogen and oxygen atoms in total. The maximum atomic E-state index is 13.4. The van der Waals surface area contributed by atoms with Crippen molar-refractivity contribution in [2.24, 2.45) is 5.92 Å². The molecule has 0 bridgehead atoms. The fraction of sp³-hybridized carbons (Fsp3) is 0.423. The van der Waals surface area contributed by atoms with Gasteiger partial charge in [0.2, 0.25) is 12.7 Å². The number of carbonyl (C=O) groups is 2. The van der Waals surface area contributed by atoms with Crippen LogP contribution in [0.1, 0.15) is 47.1 Å². The first-order valence-corrected chi connectivity index (χ1v) is 11.7. The lowest BCUT2D eigenvalue weighted by Crippen LogP contribution is -2.50. The minimum Gasteiger partial charge on any atom is -0.472 e. The number of likely N-dealkylation sites (N-methyl/N-ethyl adjacent to an activating group) is 1. The summed E-state index contributed by atoms with van der Waals surface area (Å²) >= 11 is 0. The number of hydrogen-bond acceptors (Lipinski definition) is 7. The zero-order chi connectivity index (χ0) is 25.1. The number of allylic oxidation sites excluding steroid dienone is 1. The average Bonchev–Trinajstić information content (AvgIpc) is 3.33. The van der Waals surface area contributed by atoms with E-state index in [2.05, 4.69) is 4.98 Å². The number of aliphatic hydroxyl groups is 1. The third kappa shape index (κ3) is 5.09. The second-order valence-corrected chi connectivity index (χ2v) is 9.00. The number of aromatic nitrogens is 1. The summed E-state index contributed by atoms with van der Waals surface area (Å²) in [5, 5.41) is 9.79. The molecule has 1 aromatic heterocycles. The highest BCUT2D eigenvalue weighted by atomic mass is 16.7. The van der Waals surface area contributed by atoms with E-state index in [1.165, 1.54) is 0 Å². The highest BCUT2D eigenvalue weighted by Gasteiger charge is 2.35. The average molecular weight is 482 g/mol. The predicted octanol–water partition coefficient (Wildman–Crippen LogP) is 2.84. The minimum atomic E-state index is -0.432. The van der Waals surface area contributed by atoms with Gasteiger partial charge in [-0.05, 0) is 43.7 Å². The lowest BCUT2D eigenvalue weighted by molar-refractivity contribution is 0.0313. The maximum absolute atomic E-state index is 13.4. The monoisotopic (exact) mass is 481 g/mol. The van der Waals surface area contributed by atoms with Crippen LogP contribution >= 0.6 is 0 Å². The normalized spacial score (nSPS) is 20.1. The van der Waals surface area contributed by atoms with E-state index < -0.39 is 6.10 Å². The number of fused-ring (bicyclic) bond motifs is 2. The summed E-state index contributed by atoms with van der Waals surface area (Å²) in [6.07, 6.45) is 4.94. The Morgan fingerprint density at radius 2 is 2.09 bits per heavy atom. The summed E-state index contributed by atoms with van der Waals surface area (Å²) in [7, 11) is 1.71. The molecule has 0 spiro atoms. The number of benzene rings is 1. The highest BCUT2D eigenvalue weighted by molar-refractivity contribution is 5.97. The summed E-state index contributed by atoms with van der Waals surface area (Å²) in [6, 6.07) is 6.47. The first kappa shape index (κ1) is 24.5. The van der Waals surface area contributed by atoms with Gasteiger partial charge in [-0.15, -0.1) is 0 Å². The summed E-state index contributed by atoms with van der Waals surface area (Å²) in [5.41, 5.74) is 1.60. The number of carbonyl (C=O) groups excluding carboxylic acids is 2. The van der Waals surface area contributed by atoms with Gasteiger partial charge in [-0.3, -0.25) is 9.59 Å². The van der Waals surface area contributed by atoms with Crippen molar-refractivity contribution in [3.05, 3.63) is 53.2 Å². The number of amides is 2. The van der Waals surface area contributed by atoms with Gasteiger partial charge in [-0.2, -0.15) is 0 Å². The third-order valence-electron chi connectivity index (χ3n) is 6.32. The molecule has 4 rings (SSSR count). The molecule has 2 aliphatic rings. The Labute approximate surface area is 204 Å². The van der Waals surface area contributed by atoms with E-state index in [-0.39, 0.29) is 49.6 Å². The lowest BCUT2D eigenvalue weighted by Gasteiger charge is -2.37. The van der Waals surface area contributed by atoms with Crippen molar-refractivity contribution in [2.45, 2.75) is 32.9 Å². The third-order valence-corrected chi connectivity index (χ3v) is 6.32. The van der Waals surface area contributed by atoms with Crippen LogP contribution in [0.4, 0.5) is 0 Å². The van der Waals surface area contributed by atoms with Gasteiger partial charge < -0.3 is 29.1 Å². The van der Waals surface area contributed by atoms with Crippen molar-refractivity contribution in [3.63, 3.8) is 0 Å². The standard InChI is InChI=1S/C26H31N3O6/c1-5-6-18-9-20-24(27-11-18)35-23(16(2)12-29(26(20)32)17(3)14-30)13-28(4)25(31)19-7-8-21-22(10-19)34-15-33-21/h5-11,16-17,23,30H,12-15H2,1-4H3/b6-5+/t16-,17-,23-/m1/s1. The molecule has 0 radical (unpaired) electrons. The lowest BCUT2D eigenvalue weighted by atomic mass is 9.99. The molecule has 0 fully saturated rings. The van der Waals surface area contributed by atoms with Crippen LogP contribution in [0.3, 0.4) is 0 Å². The Kier molecular flexibility index (Phi) is 7.25. The quantitative estimate of drug-likeness (QED) is 0.677. The number of nitrogens with zero attached hydrogens (tertiary/aromatic N) is 3. The number of pyridine rings is 1. The van der Waals surface area contributed by atoms with E-state index in [1.54, 1.807) is 54.2 Å². The first-order valence-electron chi connectivity index (χ1n) is 11.7. The molecule has 0 saturated heterocycles. The molecule has 3 heterocycles. The fourth-order valence-corrected chi connectivity index (χ4v) is 4.22. The van der Waals surface area contributed by atoms with Crippen molar-refractivity contribution < 1.29 is 28.9 Å². The Balaban J connectivity index is 1.61. The molecule has 0 aliphatic carbocycles. The van der Waals surface area contributed by atoms with Crippen LogP contribution < -0.4 is 14.2 Å². The van der Waals surface area contributed by atoms with Crippen molar-refractivity contribution in [1.82, 2.24) is 14.8 Å². The zero-order valence-corrected chi connectivity index (χ0v) is 20.4. The van der Waals surface area contributed by atoms with Crippen LogP contribution in [0.5, 0.6) is 17.4 Å². The van der Waals surface area contributed by atoms with Gasteiger partial charge in [0.25, 0.3) is 11.8 Å². The summed E-state index contributed by atoms with van der Waals surface area (Å²) < 4.78 is 17.0. The number of rotatable bonds is 6. The number of hydrogen-bond donors (Lipinski definition) is 1. The van der Waals surface area contributed by atoms with E-state index in [0.717, 1.165) is 5.56 Å². The van der Waals surface area contributed by atoms with Gasteiger partial charge in [0.05, 0.1) is 19.2 Å². The smallest absolute Gasteiger partial charge is 0.259 e. The summed E-state index contributed by atoms with van der Waals surface area (Å²) in [6.45, 7) is 6.28. The van der Waals surface area contributed by atoms with E-state index in [1.807, 2.05) is 26.0 Å². The first-order chi connectivity index (χ1) is 16.8. The van der Waals surface area contributed by atoms with Crippen LogP contribution in [-0.4, -0.2) is 77.4 Å². The fourth-order valence-electron chi connectivity index (χ4n) is 4.22. The molecule has 186 valence electrons.